The maximum atomic E-state index is 6.67. The van der Waals surface area contributed by atoms with Crippen molar-refractivity contribution in [1.82, 2.24) is 0 Å². The standard InChI is InChI=1S/C36H40Br2O2/c37-23-15-5-1-3-13-21-31-35(27-17-9-7-10-18-27)29-25-34-30(26-33(29)39-31)36(28-19-11-8-12-20-28)32(40-34)22-14-4-2-6-16-24-38/h7-12,17-20,25-26H,1-6,13-16,21-24H2. The van der Waals surface area contributed by atoms with E-state index in [-0.39, 0.29) is 0 Å². The van der Waals surface area contributed by atoms with Gasteiger partial charge in [0.1, 0.15) is 22.7 Å². The van der Waals surface area contributed by atoms with Crippen molar-refractivity contribution in [2.75, 3.05) is 10.7 Å². The number of furan rings is 2. The van der Waals surface area contributed by atoms with Crippen LogP contribution in [-0.4, -0.2) is 10.7 Å². The molecule has 40 heavy (non-hydrogen) atoms. The van der Waals surface area contributed by atoms with Gasteiger partial charge in [-0.15, -0.1) is 0 Å². The van der Waals surface area contributed by atoms with Crippen LogP contribution in [0, 0.1) is 0 Å². The lowest BCUT2D eigenvalue weighted by Gasteiger charge is -2.04. The zero-order valence-corrected chi connectivity index (χ0v) is 26.6. The van der Waals surface area contributed by atoms with Crippen molar-refractivity contribution < 1.29 is 8.83 Å². The minimum Gasteiger partial charge on any atom is -0.460 e. The Labute approximate surface area is 255 Å². The molecule has 0 saturated carbocycles. The lowest BCUT2D eigenvalue weighted by Crippen LogP contribution is -1.88. The first-order valence-electron chi connectivity index (χ1n) is 15.0. The van der Waals surface area contributed by atoms with Gasteiger partial charge in [-0.3, -0.25) is 0 Å². The summed E-state index contributed by atoms with van der Waals surface area (Å²) in [4.78, 5) is 0. The highest BCUT2D eigenvalue weighted by Gasteiger charge is 2.21. The lowest BCUT2D eigenvalue weighted by atomic mass is 9.96. The minimum absolute atomic E-state index is 0.958. The Kier molecular flexibility index (Phi) is 11.0. The monoisotopic (exact) mass is 662 g/mol. The molecule has 210 valence electrons. The van der Waals surface area contributed by atoms with Gasteiger partial charge in [0.05, 0.1) is 0 Å². The fourth-order valence-corrected chi connectivity index (χ4v) is 6.60. The number of rotatable bonds is 16. The van der Waals surface area contributed by atoms with Crippen molar-refractivity contribution in [1.29, 1.82) is 0 Å². The Balaban J connectivity index is 1.51. The largest absolute Gasteiger partial charge is 0.460 e. The van der Waals surface area contributed by atoms with Gasteiger partial charge < -0.3 is 8.83 Å². The third kappa shape index (κ3) is 7.12. The highest BCUT2D eigenvalue weighted by Crippen LogP contribution is 2.42. The molecule has 4 heteroatoms. The molecule has 0 N–H and O–H groups in total. The van der Waals surface area contributed by atoms with E-state index in [1.54, 1.807) is 0 Å². The zero-order valence-electron chi connectivity index (χ0n) is 23.4. The SMILES string of the molecule is BrCCCCCCCc1oc2cc3c(-c4ccccc4)c(CCCCCCCBr)oc3cc2c1-c1ccccc1. The van der Waals surface area contributed by atoms with E-state index in [0.717, 1.165) is 69.8 Å². The molecular formula is C36H40Br2O2. The third-order valence-corrected chi connectivity index (χ3v) is 8.97. The summed E-state index contributed by atoms with van der Waals surface area (Å²) in [6, 6.07) is 25.9. The summed E-state index contributed by atoms with van der Waals surface area (Å²) in [7, 11) is 0. The number of benzene rings is 3. The molecule has 0 amide bonds. The van der Waals surface area contributed by atoms with Gasteiger partial charge in [0.25, 0.3) is 0 Å². The number of aryl methyl sites for hydroxylation is 2. The van der Waals surface area contributed by atoms with Crippen molar-refractivity contribution in [3.05, 3.63) is 84.3 Å². The highest BCUT2D eigenvalue weighted by molar-refractivity contribution is 9.09. The third-order valence-electron chi connectivity index (χ3n) is 7.84. The number of alkyl halides is 2. The zero-order chi connectivity index (χ0) is 27.6. The van der Waals surface area contributed by atoms with Gasteiger partial charge in [0, 0.05) is 45.4 Å². The Bertz CT molecular complexity index is 1350. The van der Waals surface area contributed by atoms with Gasteiger partial charge in [0.2, 0.25) is 0 Å². The van der Waals surface area contributed by atoms with Crippen molar-refractivity contribution in [2.24, 2.45) is 0 Å². The number of fused-ring (bicyclic) bond motifs is 2. The van der Waals surface area contributed by atoms with Crippen LogP contribution < -0.4 is 0 Å². The Morgan fingerprint density at radius 3 is 1.23 bits per heavy atom. The van der Waals surface area contributed by atoms with Crippen LogP contribution in [0.25, 0.3) is 44.2 Å². The van der Waals surface area contributed by atoms with Gasteiger partial charge in [-0.1, -0.05) is 131 Å². The topological polar surface area (TPSA) is 26.3 Å². The van der Waals surface area contributed by atoms with Crippen molar-refractivity contribution in [3.63, 3.8) is 0 Å². The lowest BCUT2D eigenvalue weighted by molar-refractivity contribution is 0.524. The molecule has 3 aromatic carbocycles. The average Bonchev–Trinajstić information content (AvgIpc) is 3.53. The minimum atomic E-state index is 0.958. The molecule has 2 aromatic heterocycles. The first kappa shape index (κ1) is 29.2. The molecule has 0 aliphatic carbocycles. The van der Waals surface area contributed by atoms with E-state index in [9.17, 15) is 0 Å². The fraction of sp³-hybridized carbons (Fsp3) is 0.389. The van der Waals surface area contributed by atoms with Crippen LogP contribution in [0.4, 0.5) is 0 Å². The van der Waals surface area contributed by atoms with E-state index in [1.165, 1.54) is 73.6 Å². The van der Waals surface area contributed by atoms with Gasteiger partial charge >= 0.3 is 0 Å². The van der Waals surface area contributed by atoms with Gasteiger partial charge in [-0.05, 0) is 48.9 Å². The first-order valence-corrected chi connectivity index (χ1v) is 17.3. The summed E-state index contributed by atoms with van der Waals surface area (Å²) in [5, 5.41) is 4.50. The number of hydrogen-bond donors (Lipinski definition) is 0. The van der Waals surface area contributed by atoms with E-state index in [1.807, 2.05) is 0 Å². The second-order valence-electron chi connectivity index (χ2n) is 10.8. The molecule has 0 spiro atoms. The molecule has 0 saturated heterocycles. The normalized spacial score (nSPS) is 11.7. The van der Waals surface area contributed by atoms with Crippen LogP contribution in [0.5, 0.6) is 0 Å². The molecule has 0 bridgehead atoms. The fourth-order valence-electron chi connectivity index (χ4n) is 5.80. The van der Waals surface area contributed by atoms with Crippen molar-refractivity contribution in [2.45, 2.75) is 77.0 Å². The van der Waals surface area contributed by atoms with E-state index >= 15 is 0 Å². The maximum Gasteiger partial charge on any atom is 0.135 e. The van der Waals surface area contributed by atoms with Gasteiger partial charge in [-0.25, -0.2) is 0 Å². The number of unbranched alkanes of at least 4 members (excludes halogenated alkanes) is 8. The molecule has 5 aromatic rings. The molecule has 0 unspecified atom stereocenters. The van der Waals surface area contributed by atoms with Crippen molar-refractivity contribution >= 4 is 53.8 Å². The second kappa shape index (κ2) is 15.1. The molecule has 2 heterocycles. The maximum absolute atomic E-state index is 6.67. The smallest absolute Gasteiger partial charge is 0.135 e. The van der Waals surface area contributed by atoms with E-state index in [2.05, 4.69) is 105 Å². The molecular weight excluding hydrogens is 624 g/mol. The molecule has 0 atom stereocenters. The number of hydrogen-bond acceptors (Lipinski definition) is 2. The summed E-state index contributed by atoms with van der Waals surface area (Å²) in [5.74, 6) is 2.19. The van der Waals surface area contributed by atoms with Gasteiger partial charge in [0.15, 0.2) is 0 Å². The summed E-state index contributed by atoms with van der Waals surface area (Å²) in [6.45, 7) is 0. The van der Waals surface area contributed by atoms with Gasteiger partial charge in [-0.2, -0.15) is 0 Å². The summed E-state index contributed by atoms with van der Waals surface area (Å²) in [5.41, 5.74) is 6.80. The van der Waals surface area contributed by atoms with Crippen LogP contribution in [0.3, 0.4) is 0 Å². The van der Waals surface area contributed by atoms with E-state index in [4.69, 9.17) is 8.83 Å². The quantitative estimate of drug-likeness (QED) is 0.0775. The van der Waals surface area contributed by atoms with Crippen LogP contribution in [0.15, 0.2) is 81.6 Å². The molecule has 0 aliphatic heterocycles. The predicted molar refractivity (Wildman–Crippen MR) is 178 cm³/mol. The molecule has 5 rings (SSSR count). The first-order chi connectivity index (χ1) is 19.8. The Morgan fingerprint density at radius 1 is 0.450 bits per heavy atom. The van der Waals surface area contributed by atoms with E-state index in [0.29, 0.717) is 0 Å². The Morgan fingerprint density at radius 2 is 0.825 bits per heavy atom. The highest BCUT2D eigenvalue weighted by atomic mass is 79.9. The Hall–Kier alpha value is -2.30. The van der Waals surface area contributed by atoms with Crippen molar-refractivity contribution in [3.8, 4) is 22.3 Å². The predicted octanol–water partition coefficient (Wildman–Crippen LogP) is 12.3. The number of halogens is 2. The molecule has 0 fully saturated rings. The van der Waals surface area contributed by atoms with E-state index < -0.39 is 0 Å². The van der Waals surface area contributed by atoms with Crippen LogP contribution in [0.1, 0.15) is 75.7 Å². The molecule has 0 radical (unpaired) electrons. The van der Waals surface area contributed by atoms with Crippen LogP contribution in [-0.2, 0) is 12.8 Å². The van der Waals surface area contributed by atoms with Crippen LogP contribution >= 0.6 is 31.9 Å². The summed E-state index contributed by atoms with van der Waals surface area (Å²) >= 11 is 7.10. The van der Waals surface area contributed by atoms with Crippen LogP contribution in [0.2, 0.25) is 0 Å². The molecule has 0 aliphatic rings. The summed E-state index contributed by atoms with van der Waals surface area (Å²) in [6.07, 6.45) is 14.3. The average molecular weight is 665 g/mol. The second-order valence-corrected chi connectivity index (χ2v) is 12.4. The summed E-state index contributed by atoms with van der Waals surface area (Å²) < 4.78 is 13.3. The molecule has 2 nitrogen and oxygen atoms in total.